The summed E-state index contributed by atoms with van der Waals surface area (Å²) >= 11 is 0. The van der Waals surface area contributed by atoms with E-state index in [0.29, 0.717) is 5.75 Å². The minimum absolute atomic E-state index is 0.00385. The number of amides is 1. The number of aromatic nitrogens is 1. The zero-order valence-corrected chi connectivity index (χ0v) is 14.0. The Kier molecular flexibility index (Phi) is 4.52. The number of nitrogens with one attached hydrogen (secondary N) is 1. The van der Waals surface area contributed by atoms with Crippen molar-refractivity contribution in [1.29, 1.82) is 0 Å². The number of likely N-dealkylation sites (tertiary alicyclic amines) is 1. The molecule has 2 aliphatic rings. The van der Waals surface area contributed by atoms with Crippen LogP contribution in [0, 0.1) is 5.92 Å². The predicted octanol–water partition coefficient (Wildman–Crippen LogP) is 2.66. The van der Waals surface area contributed by atoms with E-state index in [0.717, 1.165) is 43.9 Å². The van der Waals surface area contributed by atoms with Crippen molar-refractivity contribution in [2.75, 3.05) is 25.2 Å². The highest BCUT2D eigenvalue weighted by Crippen LogP contribution is 2.34. The first-order valence-electron chi connectivity index (χ1n) is 8.60. The molecule has 1 N–H and O–H groups in total. The predicted molar refractivity (Wildman–Crippen MR) is 93.4 cm³/mol. The Morgan fingerprint density at radius 1 is 1.28 bits per heavy atom. The Morgan fingerprint density at radius 3 is 3.08 bits per heavy atom. The fraction of sp³-hybridized carbons (Fsp3) is 0.368. The van der Waals surface area contributed by atoms with Crippen molar-refractivity contribution in [3.8, 4) is 11.5 Å². The molecule has 1 saturated heterocycles. The van der Waals surface area contributed by atoms with Crippen LogP contribution in [0.5, 0.6) is 11.5 Å². The van der Waals surface area contributed by atoms with E-state index in [1.807, 2.05) is 30.5 Å². The molecular formula is C19H21N3O3. The number of ether oxygens (including phenoxy) is 2. The van der Waals surface area contributed by atoms with Crippen molar-refractivity contribution >= 4 is 11.6 Å². The summed E-state index contributed by atoms with van der Waals surface area (Å²) < 4.78 is 10.7. The summed E-state index contributed by atoms with van der Waals surface area (Å²) in [6.45, 7) is 2.86. The van der Waals surface area contributed by atoms with Crippen LogP contribution in [-0.2, 0) is 11.3 Å². The maximum atomic E-state index is 12.6. The third-order valence-corrected chi connectivity index (χ3v) is 4.65. The number of benzene rings is 1. The third kappa shape index (κ3) is 3.74. The number of pyridine rings is 1. The summed E-state index contributed by atoms with van der Waals surface area (Å²) in [5.41, 5.74) is 1.93. The van der Waals surface area contributed by atoms with E-state index in [4.69, 9.17) is 9.47 Å². The minimum Gasteiger partial charge on any atom is -0.454 e. The summed E-state index contributed by atoms with van der Waals surface area (Å²) in [6.07, 6.45) is 5.61. The van der Waals surface area contributed by atoms with Crippen LogP contribution in [0.1, 0.15) is 18.4 Å². The Balaban J connectivity index is 1.36. The Hall–Kier alpha value is -2.60. The Morgan fingerprint density at radius 2 is 2.20 bits per heavy atom. The van der Waals surface area contributed by atoms with Gasteiger partial charge in [0.05, 0.1) is 5.92 Å². The SMILES string of the molecule is O=C(Nc1ccc2c(c1)OCO2)[C@@H]1CCCN(Cc2cccnc2)C1. The highest BCUT2D eigenvalue weighted by atomic mass is 16.7. The van der Waals surface area contributed by atoms with Gasteiger partial charge in [0.15, 0.2) is 11.5 Å². The van der Waals surface area contributed by atoms with Crippen molar-refractivity contribution in [1.82, 2.24) is 9.88 Å². The zero-order chi connectivity index (χ0) is 17.1. The van der Waals surface area contributed by atoms with Crippen LogP contribution in [0.25, 0.3) is 0 Å². The molecule has 1 fully saturated rings. The molecule has 0 radical (unpaired) electrons. The summed E-state index contributed by atoms with van der Waals surface area (Å²) in [5.74, 6) is 1.46. The Labute approximate surface area is 146 Å². The highest BCUT2D eigenvalue weighted by Gasteiger charge is 2.26. The van der Waals surface area contributed by atoms with Crippen LogP contribution >= 0.6 is 0 Å². The van der Waals surface area contributed by atoms with Crippen molar-refractivity contribution in [3.63, 3.8) is 0 Å². The second kappa shape index (κ2) is 7.11. The number of hydrogen-bond donors (Lipinski definition) is 1. The largest absolute Gasteiger partial charge is 0.454 e. The van der Waals surface area contributed by atoms with Gasteiger partial charge in [-0.25, -0.2) is 0 Å². The fourth-order valence-corrected chi connectivity index (χ4v) is 3.38. The average Bonchev–Trinajstić information content (AvgIpc) is 3.10. The molecule has 1 atom stereocenters. The molecule has 0 aliphatic carbocycles. The average molecular weight is 339 g/mol. The normalized spacial score (nSPS) is 19.6. The van der Waals surface area contributed by atoms with Gasteiger partial charge in [-0.15, -0.1) is 0 Å². The van der Waals surface area contributed by atoms with Gasteiger partial charge in [-0.3, -0.25) is 14.7 Å². The van der Waals surface area contributed by atoms with Crippen LogP contribution in [0.3, 0.4) is 0 Å². The van der Waals surface area contributed by atoms with Gasteiger partial charge in [-0.05, 0) is 43.1 Å². The number of fused-ring (bicyclic) bond motifs is 1. The number of rotatable bonds is 4. The molecule has 1 aromatic carbocycles. The van der Waals surface area contributed by atoms with Crippen molar-refractivity contribution in [2.24, 2.45) is 5.92 Å². The highest BCUT2D eigenvalue weighted by molar-refractivity contribution is 5.93. The van der Waals surface area contributed by atoms with Crippen molar-refractivity contribution in [3.05, 3.63) is 48.3 Å². The van der Waals surface area contributed by atoms with E-state index >= 15 is 0 Å². The van der Waals surface area contributed by atoms with Crippen LogP contribution in [-0.4, -0.2) is 35.7 Å². The first-order valence-corrected chi connectivity index (χ1v) is 8.60. The maximum Gasteiger partial charge on any atom is 0.231 e. The molecule has 1 amide bonds. The summed E-state index contributed by atoms with van der Waals surface area (Å²) in [6, 6.07) is 9.51. The molecule has 3 heterocycles. The van der Waals surface area contributed by atoms with Gasteiger partial charge < -0.3 is 14.8 Å². The van der Waals surface area contributed by atoms with Crippen LogP contribution in [0.4, 0.5) is 5.69 Å². The molecule has 1 aromatic heterocycles. The third-order valence-electron chi connectivity index (χ3n) is 4.65. The zero-order valence-electron chi connectivity index (χ0n) is 14.0. The van der Waals surface area contributed by atoms with Crippen LogP contribution in [0.2, 0.25) is 0 Å². The molecule has 6 nitrogen and oxygen atoms in total. The molecule has 2 aliphatic heterocycles. The lowest BCUT2D eigenvalue weighted by Gasteiger charge is -2.31. The number of anilines is 1. The van der Waals surface area contributed by atoms with Gasteiger partial charge in [0, 0.05) is 37.2 Å². The second-order valence-electron chi connectivity index (χ2n) is 6.49. The topological polar surface area (TPSA) is 63.7 Å². The van der Waals surface area contributed by atoms with E-state index < -0.39 is 0 Å². The Bertz CT molecular complexity index is 751. The van der Waals surface area contributed by atoms with Gasteiger partial charge in [-0.2, -0.15) is 0 Å². The number of hydrogen-bond acceptors (Lipinski definition) is 5. The van der Waals surface area contributed by atoms with Gasteiger partial charge in [0.2, 0.25) is 12.7 Å². The number of carbonyl (C=O) groups is 1. The van der Waals surface area contributed by atoms with Gasteiger partial charge >= 0.3 is 0 Å². The number of carbonyl (C=O) groups excluding carboxylic acids is 1. The first-order chi connectivity index (χ1) is 12.3. The van der Waals surface area contributed by atoms with Crippen molar-refractivity contribution < 1.29 is 14.3 Å². The van der Waals surface area contributed by atoms with Gasteiger partial charge in [-0.1, -0.05) is 6.07 Å². The van der Waals surface area contributed by atoms with Gasteiger partial charge in [0.25, 0.3) is 0 Å². The first kappa shape index (κ1) is 15.9. The van der Waals surface area contributed by atoms with E-state index in [9.17, 15) is 4.79 Å². The second-order valence-corrected chi connectivity index (χ2v) is 6.49. The maximum absolute atomic E-state index is 12.6. The van der Waals surface area contributed by atoms with E-state index in [1.165, 1.54) is 5.56 Å². The van der Waals surface area contributed by atoms with Crippen LogP contribution in [0.15, 0.2) is 42.7 Å². The number of piperidine rings is 1. The molecule has 2 aromatic rings. The quantitative estimate of drug-likeness (QED) is 0.928. The lowest BCUT2D eigenvalue weighted by atomic mass is 9.96. The van der Waals surface area contributed by atoms with E-state index in [-0.39, 0.29) is 18.6 Å². The summed E-state index contributed by atoms with van der Waals surface area (Å²) in [4.78, 5) is 19.1. The molecule has 130 valence electrons. The summed E-state index contributed by atoms with van der Waals surface area (Å²) in [5, 5.41) is 3.01. The smallest absolute Gasteiger partial charge is 0.231 e. The van der Waals surface area contributed by atoms with E-state index in [1.54, 1.807) is 6.20 Å². The number of nitrogens with zero attached hydrogens (tertiary/aromatic N) is 2. The van der Waals surface area contributed by atoms with Crippen LogP contribution < -0.4 is 14.8 Å². The van der Waals surface area contributed by atoms with Gasteiger partial charge in [0.1, 0.15) is 0 Å². The molecule has 6 heteroatoms. The lowest BCUT2D eigenvalue weighted by molar-refractivity contribution is -0.121. The molecule has 0 bridgehead atoms. The molecule has 0 unspecified atom stereocenters. The lowest BCUT2D eigenvalue weighted by Crippen LogP contribution is -2.40. The molecule has 4 rings (SSSR count). The van der Waals surface area contributed by atoms with Crippen molar-refractivity contribution in [2.45, 2.75) is 19.4 Å². The molecule has 0 saturated carbocycles. The molecule has 0 spiro atoms. The minimum atomic E-state index is -0.00385. The van der Waals surface area contributed by atoms with E-state index in [2.05, 4.69) is 21.3 Å². The molecular weight excluding hydrogens is 318 g/mol. The summed E-state index contributed by atoms with van der Waals surface area (Å²) in [7, 11) is 0. The fourth-order valence-electron chi connectivity index (χ4n) is 3.38. The monoisotopic (exact) mass is 339 g/mol. The standard InChI is InChI=1S/C19H21N3O3/c23-19(21-16-5-6-17-18(9-16)25-13-24-17)15-4-2-8-22(12-15)11-14-3-1-7-20-10-14/h1,3,5-7,9-10,15H,2,4,8,11-13H2,(H,21,23)/t15-/m1/s1. The molecule has 25 heavy (non-hydrogen) atoms.